The van der Waals surface area contributed by atoms with E-state index in [4.69, 9.17) is 0 Å². The maximum atomic E-state index is 12.2. The summed E-state index contributed by atoms with van der Waals surface area (Å²) in [4.78, 5) is 4.68. The summed E-state index contributed by atoms with van der Waals surface area (Å²) in [6.07, 6.45) is -2.37. The fraction of sp³-hybridized carbons (Fsp3) is 0.600. The topological polar surface area (TPSA) is 15.7 Å². The minimum atomic E-state index is -4.63. The van der Waals surface area contributed by atoms with Crippen LogP contribution < -0.4 is 9.64 Å². The van der Waals surface area contributed by atoms with Gasteiger partial charge in [0.1, 0.15) is 5.75 Å². The van der Waals surface area contributed by atoms with Crippen LogP contribution in [0.15, 0.2) is 24.3 Å². The summed E-state index contributed by atoms with van der Waals surface area (Å²) in [6, 6.07) is 6.75. The van der Waals surface area contributed by atoms with Crippen molar-refractivity contribution in [3.05, 3.63) is 24.3 Å². The lowest BCUT2D eigenvalue weighted by Gasteiger charge is -2.37. The molecule has 0 radical (unpaired) electrons. The van der Waals surface area contributed by atoms with Gasteiger partial charge in [0.25, 0.3) is 0 Å². The normalized spacial score (nSPS) is 26.8. The summed E-state index contributed by atoms with van der Waals surface area (Å²) in [7, 11) is 2.14. The van der Waals surface area contributed by atoms with Gasteiger partial charge in [-0.1, -0.05) is 0 Å². The Kier molecular flexibility index (Phi) is 3.73. The van der Waals surface area contributed by atoms with Crippen molar-refractivity contribution in [1.82, 2.24) is 4.90 Å². The van der Waals surface area contributed by atoms with Gasteiger partial charge in [-0.3, -0.25) is 0 Å². The highest BCUT2D eigenvalue weighted by Gasteiger charge is 2.37. The Balaban J connectivity index is 1.70. The Morgan fingerprint density at radius 1 is 1.10 bits per heavy atom. The Hall–Kier alpha value is -1.43. The van der Waals surface area contributed by atoms with Crippen molar-refractivity contribution in [1.29, 1.82) is 0 Å². The molecule has 0 N–H and O–H groups in total. The van der Waals surface area contributed by atoms with Gasteiger partial charge in [-0.2, -0.15) is 0 Å². The molecule has 2 aliphatic heterocycles. The molecule has 0 bridgehead atoms. The van der Waals surface area contributed by atoms with E-state index in [0.29, 0.717) is 12.0 Å². The number of nitrogens with zero attached hydrogens (tertiary/aromatic N) is 2. The van der Waals surface area contributed by atoms with Crippen LogP contribution in [0.4, 0.5) is 18.9 Å². The maximum Gasteiger partial charge on any atom is 0.573 e. The first-order valence-electron chi connectivity index (χ1n) is 7.23. The third-order valence-electron chi connectivity index (χ3n) is 4.44. The lowest BCUT2D eigenvalue weighted by atomic mass is 9.93. The smallest absolute Gasteiger partial charge is 0.406 e. The summed E-state index contributed by atoms with van der Waals surface area (Å²) in [5.41, 5.74) is 0.988. The zero-order valence-corrected chi connectivity index (χ0v) is 11.9. The molecule has 0 amide bonds. The first kappa shape index (κ1) is 14.5. The largest absolute Gasteiger partial charge is 0.573 e. The highest BCUT2D eigenvalue weighted by Crippen LogP contribution is 2.35. The van der Waals surface area contributed by atoms with Crippen LogP contribution in [0.5, 0.6) is 5.75 Å². The maximum absolute atomic E-state index is 12.2. The van der Waals surface area contributed by atoms with E-state index in [0.717, 1.165) is 38.2 Å². The van der Waals surface area contributed by atoms with Crippen molar-refractivity contribution >= 4 is 5.69 Å². The van der Waals surface area contributed by atoms with Crippen LogP contribution in [-0.2, 0) is 0 Å². The van der Waals surface area contributed by atoms with E-state index in [9.17, 15) is 13.2 Å². The second-order valence-electron chi connectivity index (χ2n) is 5.90. The third kappa shape index (κ3) is 3.26. The fourth-order valence-electron chi connectivity index (χ4n) is 3.53. The van der Waals surface area contributed by atoms with E-state index in [2.05, 4.69) is 21.6 Å². The molecule has 2 atom stereocenters. The molecule has 0 aliphatic carbocycles. The molecule has 0 aromatic heterocycles. The number of ether oxygens (including phenoxy) is 1. The summed E-state index contributed by atoms with van der Waals surface area (Å²) >= 11 is 0. The van der Waals surface area contributed by atoms with Crippen molar-refractivity contribution in [2.24, 2.45) is 5.92 Å². The van der Waals surface area contributed by atoms with E-state index in [1.54, 1.807) is 12.1 Å². The molecule has 6 heteroatoms. The molecule has 2 saturated heterocycles. The lowest BCUT2D eigenvalue weighted by Crippen LogP contribution is -2.44. The number of benzene rings is 1. The molecule has 3 rings (SSSR count). The number of piperidine rings is 1. The molecule has 2 aliphatic rings. The molecule has 3 nitrogen and oxygen atoms in total. The molecular formula is C15H19F3N2O. The van der Waals surface area contributed by atoms with Crippen LogP contribution in [-0.4, -0.2) is 44.0 Å². The van der Waals surface area contributed by atoms with Crippen molar-refractivity contribution in [3.8, 4) is 5.75 Å². The predicted octanol–water partition coefficient (Wildman–Crippen LogP) is 3.12. The van der Waals surface area contributed by atoms with Crippen LogP contribution in [0.25, 0.3) is 0 Å². The molecule has 1 aromatic rings. The van der Waals surface area contributed by atoms with Gasteiger partial charge in [0.05, 0.1) is 0 Å². The SMILES string of the molecule is CN1CCC2[C@@H](CCN2c2ccc(OC(F)(F)F)cc2)C1. The van der Waals surface area contributed by atoms with Crippen molar-refractivity contribution < 1.29 is 17.9 Å². The Bertz CT molecular complexity index is 489. The lowest BCUT2D eigenvalue weighted by molar-refractivity contribution is -0.274. The van der Waals surface area contributed by atoms with E-state index in [1.807, 2.05) is 0 Å². The van der Waals surface area contributed by atoms with E-state index in [-0.39, 0.29) is 5.75 Å². The third-order valence-corrected chi connectivity index (χ3v) is 4.44. The molecule has 0 spiro atoms. The number of rotatable bonds is 2. The van der Waals surface area contributed by atoms with E-state index >= 15 is 0 Å². The Morgan fingerprint density at radius 2 is 1.81 bits per heavy atom. The molecule has 116 valence electrons. The van der Waals surface area contributed by atoms with E-state index < -0.39 is 6.36 Å². The van der Waals surface area contributed by atoms with Crippen molar-refractivity contribution in [2.45, 2.75) is 25.2 Å². The number of alkyl halides is 3. The van der Waals surface area contributed by atoms with Gasteiger partial charge in [0.15, 0.2) is 0 Å². The first-order chi connectivity index (χ1) is 9.92. The minimum Gasteiger partial charge on any atom is -0.406 e. The van der Waals surface area contributed by atoms with Crippen molar-refractivity contribution in [3.63, 3.8) is 0 Å². The fourth-order valence-corrected chi connectivity index (χ4v) is 3.53. The summed E-state index contributed by atoms with van der Waals surface area (Å²) < 4.78 is 40.4. The number of anilines is 1. The van der Waals surface area contributed by atoms with Gasteiger partial charge in [0, 0.05) is 24.8 Å². The summed E-state index contributed by atoms with van der Waals surface area (Å²) in [5, 5.41) is 0. The van der Waals surface area contributed by atoms with Crippen LogP contribution >= 0.6 is 0 Å². The average Bonchev–Trinajstić information content (AvgIpc) is 2.80. The van der Waals surface area contributed by atoms with Gasteiger partial charge in [-0.25, -0.2) is 0 Å². The Morgan fingerprint density at radius 3 is 2.48 bits per heavy atom. The van der Waals surface area contributed by atoms with Gasteiger partial charge in [0.2, 0.25) is 0 Å². The summed E-state index contributed by atoms with van der Waals surface area (Å²) in [6.45, 7) is 3.16. The molecule has 2 fully saturated rings. The molecule has 1 unspecified atom stereocenters. The zero-order chi connectivity index (χ0) is 15.0. The minimum absolute atomic E-state index is 0.162. The number of halogens is 3. The number of hydrogen-bond acceptors (Lipinski definition) is 3. The average molecular weight is 300 g/mol. The van der Waals surface area contributed by atoms with Crippen molar-refractivity contribution in [2.75, 3.05) is 31.6 Å². The van der Waals surface area contributed by atoms with Gasteiger partial charge < -0.3 is 14.5 Å². The van der Waals surface area contributed by atoms with Gasteiger partial charge in [-0.15, -0.1) is 13.2 Å². The zero-order valence-electron chi connectivity index (χ0n) is 11.9. The number of fused-ring (bicyclic) bond motifs is 1. The molecular weight excluding hydrogens is 281 g/mol. The Labute approximate surface area is 122 Å². The number of hydrogen-bond donors (Lipinski definition) is 0. The molecule has 0 saturated carbocycles. The van der Waals surface area contributed by atoms with E-state index in [1.165, 1.54) is 12.1 Å². The van der Waals surface area contributed by atoms with Crippen LogP contribution in [0.2, 0.25) is 0 Å². The standard InChI is InChI=1S/C15H19F3N2O/c1-19-8-7-14-11(10-19)6-9-20(14)12-2-4-13(5-3-12)21-15(16,17)18/h2-5,11,14H,6-10H2,1H3/t11-,14?/m0/s1. The second-order valence-corrected chi connectivity index (χ2v) is 5.90. The molecule has 21 heavy (non-hydrogen) atoms. The van der Waals surface area contributed by atoms with Crippen LogP contribution in [0.1, 0.15) is 12.8 Å². The summed E-state index contributed by atoms with van der Waals surface area (Å²) in [5.74, 6) is 0.500. The highest BCUT2D eigenvalue weighted by molar-refractivity contribution is 5.51. The predicted molar refractivity (Wildman–Crippen MR) is 74.5 cm³/mol. The van der Waals surface area contributed by atoms with Gasteiger partial charge in [-0.05, 0) is 56.6 Å². The quantitative estimate of drug-likeness (QED) is 0.834. The second kappa shape index (κ2) is 5.40. The molecule has 1 aromatic carbocycles. The van der Waals surface area contributed by atoms with Crippen LogP contribution in [0, 0.1) is 5.92 Å². The first-order valence-corrected chi connectivity index (χ1v) is 7.23. The monoisotopic (exact) mass is 300 g/mol. The molecule has 2 heterocycles. The van der Waals surface area contributed by atoms with Gasteiger partial charge >= 0.3 is 6.36 Å². The van der Waals surface area contributed by atoms with Crippen LogP contribution in [0.3, 0.4) is 0 Å². The highest BCUT2D eigenvalue weighted by atomic mass is 19.4. The number of likely N-dealkylation sites (tertiary alicyclic amines) is 1.